The smallest absolute Gasteiger partial charge is 0.203 e. The lowest BCUT2D eigenvalue weighted by Crippen LogP contribution is -1.81. The molecule has 5 heteroatoms. The highest BCUT2D eigenvalue weighted by molar-refractivity contribution is 7.10. The highest BCUT2D eigenvalue weighted by atomic mass is 35.5. The number of hydrogen-bond acceptors (Lipinski definition) is 4. The second-order valence-corrected chi connectivity index (χ2v) is 3.90. The van der Waals surface area contributed by atoms with Gasteiger partial charge in [-0.05, 0) is 35.3 Å². The van der Waals surface area contributed by atoms with E-state index in [2.05, 4.69) is 15.4 Å². The van der Waals surface area contributed by atoms with Gasteiger partial charge in [0.25, 0.3) is 0 Å². The SMILES string of the molecule is N#Cc1cccc(-c2nsc(Cl)n2)c1. The van der Waals surface area contributed by atoms with Gasteiger partial charge in [0.1, 0.15) is 0 Å². The van der Waals surface area contributed by atoms with Crippen LogP contribution >= 0.6 is 23.1 Å². The van der Waals surface area contributed by atoms with Crippen molar-refractivity contribution in [3.63, 3.8) is 0 Å². The zero-order chi connectivity index (χ0) is 9.97. The van der Waals surface area contributed by atoms with Gasteiger partial charge in [-0.25, -0.2) is 4.98 Å². The van der Waals surface area contributed by atoms with Gasteiger partial charge in [0.2, 0.25) is 4.47 Å². The maximum Gasteiger partial charge on any atom is 0.203 e. The predicted octanol–water partition coefficient (Wildman–Crippen LogP) is 2.73. The normalized spacial score (nSPS) is 9.71. The first-order valence-electron chi connectivity index (χ1n) is 3.79. The number of rotatable bonds is 1. The third-order valence-electron chi connectivity index (χ3n) is 1.65. The fourth-order valence-corrected chi connectivity index (χ4v) is 1.67. The Bertz CT molecular complexity index is 501. The van der Waals surface area contributed by atoms with Crippen LogP contribution in [0.2, 0.25) is 4.47 Å². The molecular formula is C9H4ClN3S. The Kier molecular flexibility index (Phi) is 2.44. The van der Waals surface area contributed by atoms with Crippen molar-refractivity contribution >= 4 is 23.1 Å². The molecule has 1 heterocycles. The lowest BCUT2D eigenvalue weighted by Gasteiger charge is -1.94. The molecule has 0 fully saturated rings. The maximum atomic E-state index is 8.70. The van der Waals surface area contributed by atoms with Gasteiger partial charge >= 0.3 is 0 Å². The van der Waals surface area contributed by atoms with Gasteiger partial charge in [0.15, 0.2) is 5.82 Å². The summed E-state index contributed by atoms with van der Waals surface area (Å²) in [6.07, 6.45) is 0. The second-order valence-electron chi connectivity index (χ2n) is 2.56. The average Bonchev–Trinajstić information content (AvgIpc) is 2.65. The highest BCUT2D eigenvalue weighted by Crippen LogP contribution is 2.21. The minimum Gasteiger partial charge on any atom is -0.203 e. The van der Waals surface area contributed by atoms with Crippen molar-refractivity contribution in [1.82, 2.24) is 9.36 Å². The van der Waals surface area contributed by atoms with Crippen LogP contribution in [-0.2, 0) is 0 Å². The molecule has 14 heavy (non-hydrogen) atoms. The van der Waals surface area contributed by atoms with E-state index in [1.54, 1.807) is 18.2 Å². The zero-order valence-corrected chi connectivity index (χ0v) is 8.51. The molecule has 0 bridgehead atoms. The van der Waals surface area contributed by atoms with Crippen molar-refractivity contribution in [3.8, 4) is 17.5 Å². The Balaban J connectivity index is 2.47. The lowest BCUT2D eigenvalue weighted by molar-refractivity contribution is 1.32. The molecule has 0 N–H and O–H groups in total. The molecule has 2 rings (SSSR count). The summed E-state index contributed by atoms with van der Waals surface area (Å²) in [4.78, 5) is 4.02. The Labute approximate surface area is 89.8 Å². The maximum absolute atomic E-state index is 8.70. The second kappa shape index (κ2) is 3.74. The van der Waals surface area contributed by atoms with E-state index >= 15 is 0 Å². The summed E-state index contributed by atoms with van der Waals surface area (Å²) in [7, 11) is 0. The van der Waals surface area contributed by atoms with E-state index in [0.29, 0.717) is 15.9 Å². The number of nitrogens with zero attached hydrogens (tertiary/aromatic N) is 3. The summed E-state index contributed by atoms with van der Waals surface area (Å²) in [6, 6.07) is 9.17. The van der Waals surface area contributed by atoms with E-state index in [0.717, 1.165) is 17.1 Å². The van der Waals surface area contributed by atoms with Crippen LogP contribution in [0.3, 0.4) is 0 Å². The Morgan fingerprint density at radius 1 is 1.43 bits per heavy atom. The number of halogens is 1. The third kappa shape index (κ3) is 1.74. The van der Waals surface area contributed by atoms with Gasteiger partial charge in [-0.2, -0.15) is 9.64 Å². The first-order chi connectivity index (χ1) is 6.79. The number of hydrogen-bond donors (Lipinski definition) is 0. The summed E-state index contributed by atoms with van der Waals surface area (Å²) in [6.45, 7) is 0. The van der Waals surface area contributed by atoms with Crippen LogP contribution in [0.4, 0.5) is 0 Å². The summed E-state index contributed by atoms with van der Waals surface area (Å²) in [5.41, 5.74) is 1.40. The van der Waals surface area contributed by atoms with E-state index in [-0.39, 0.29) is 0 Å². The standard InChI is InChI=1S/C9H4ClN3S/c10-9-12-8(13-14-9)7-3-1-2-6(4-7)5-11/h1-4H. The fraction of sp³-hybridized carbons (Fsp3) is 0. The molecule has 1 aromatic carbocycles. The van der Waals surface area contributed by atoms with Gasteiger partial charge < -0.3 is 0 Å². The number of nitriles is 1. The van der Waals surface area contributed by atoms with E-state index in [9.17, 15) is 0 Å². The first kappa shape index (κ1) is 9.13. The lowest BCUT2D eigenvalue weighted by atomic mass is 10.1. The summed E-state index contributed by atoms with van der Waals surface area (Å²) >= 11 is 6.80. The van der Waals surface area contributed by atoms with E-state index in [1.807, 2.05) is 6.07 Å². The average molecular weight is 222 g/mol. The molecule has 1 aromatic heterocycles. The minimum absolute atomic E-state index is 0.405. The molecule has 0 saturated heterocycles. The first-order valence-corrected chi connectivity index (χ1v) is 4.94. The van der Waals surface area contributed by atoms with Gasteiger partial charge in [0, 0.05) is 5.56 Å². The number of benzene rings is 1. The van der Waals surface area contributed by atoms with E-state index in [4.69, 9.17) is 16.9 Å². The Morgan fingerprint density at radius 2 is 2.29 bits per heavy atom. The van der Waals surface area contributed by atoms with Crippen LogP contribution in [0.25, 0.3) is 11.4 Å². The van der Waals surface area contributed by atoms with Gasteiger partial charge in [-0.1, -0.05) is 12.1 Å². The van der Waals surface area contributed by atoms with Crippen LogP contribution in [-0.4, -0.2) is 9.36 Å². The van der Waals surface area contributed by atoms with Crippen molar-refractivity contribution < 1.29 is 0 Å². The molecule has 0 radical (unpaired) electrons. The van der Waals surface area contributed by atoms with Crippen molar-refractivity contribution in [2.75, 3.05) is 0 Å². The van der Waals surface area contributed by atoms with Gasteiger partial charge in [0.05, 0.1) is 11.6 Å². The third-order valence-corrected chi connectivity index (χ3v) is 2.45. The van der Waals surface area contributed by atoms with Crippen LogP contribution in [0.5, 0.6) is 0 Å². The Morgan fingerprint density at radius 3 is 2.93 bits per heavy atom. The van der Waals surface area contributed by atoms with Crippen LogP contribution in [0, 0.1) is 11.3 Å². The molecule has 0 atom stereocenters. The van der Waals surface area contributed by atoms with Crippen molar-refractivity contribution in [2.24, 2.45) is 0 Å². The minimum atomic E-state index is 0.405. The molecule has 0 saturated carbocycles. The monoisotopic (exact) mass is 221 g/mol. The molecule has 0 unspecified atom stereocenters. The summed E-state index contributed by atoms with van der Waals surface area (Å²) in [5, 5.41) is 8.70. The van der Waals surface area contributed by atoms with Crippen LogP contribution in [0.15, 0.2) is 24.3 Å². The largest absolute Gasteiger partial charge is 0.203 e. The molecule has 0 amide bonds. The molecule has 0 spiro atoms. The van der Waals surface area contributed by atoms with E-state index < -0.39 is 0 Å². The van der Waals surface area contributed by atoms with Crippen molar-refractivity contribution in [3.05, 3.63) is 34.3 Å². The topological polar surface area (TPSA) is 49.6 Å². The zero-order valence-electron chi connectivity index (χ0n) is 6.94. The van der Waals surface area contributed by atoms with Gasteiger partial charge in [-0.15, -0.1) is 0 Å². The van der Waals surface area contributed by atoms with Crippen LogP contribution in [0.1, 0.15) is 5.56 Å². The van der Waals surface area contributed by atoms with Crippen molar-refractivity contribution in [2.45, 2.75) is 0 Å². The molecule has 0 aliphatic carbocycles. The predicted molar refractivity (Wildman–Crippen MR) is 55.1 cm³/mol. The molecule has 0 aliphatic heterocycles. The van der Waals surface area contributed by atoms with Crippen molar-refractivity contribution in [1.29, 1.82) is 5.26 Å². The van der Waals surface area contributed by atoms with E-state index in [1.165, 1.54) is 0 Å². The number of aromatic nitrogens is 2. The Hall–Kier alpha value is -1.44. The fourth-order valence-electron chi connectivity index (χ4n) is 1.05. The quantitative estimate of drug-likeness (QED) is 0.744. The summed E-state index contributed by atoms with van der Waals surface area (Å²) < 4.78 is 4.46. The van der Waals surface area contributed by atoms with Gasteiger partial charge in [-0.3, -0.25) is 0 Å². The molecule has 0 aliphatic rings. The molecule has 2 aromatic rings. The summed E-state index contributed by atoms with van der Waals surface area (Å²) in [5.74, 6) is 0.567. The van der Waals surface area contributed by atoms with Crippen LogP contribution < -0.4 is 0 Å². The molecule has 3 nitrogen and oxygen atoms in total. The molecule has 68 valence electrons. The highest BCUT2D eigenvalue weighted by Gasteiger charge is 2.04. The molecular weight excluding hydrogens is 218 g/mol.